The minimum absolute atomic E-state index is 0.0122. The van der Waals surface area contributed by atoms with Gasteiger partial charge in [0.1, 0.15) is 6.04 Å². The molecule has 0 radical (unpaired) electrons. The lowest BCUT2D eigenvalue weighted by molar-refractivity contribution is -0.139. The van der Waals surface area contributed by atoms with Crippen molar-refractivity contribution in [1.82, 2.24) is 10.2 Å². The van der Waals surface area contributed by atoms with E-state index in [1.54, 1.807) is 16.7 Å². The second-order valence-corrected chi connectivity index (χ2v) is 12.2. The van der Waals surface area contributed by atoms with Gasteiger partial charge in [0.15, 0.2) is 0 Å². The van der Waals surface area contributed by atoms with E-state index in [0.717, 1.165) is 47.0 Å². The van der Waals surface area contributed by atoms with Gasteiger partial charge in [-0.25, -0.2) is 0 Å². The third kappa shape index (κ3) is 8.47. The summed E-state index contributed by atoms with van der Waals surface area (Å²) in [6, 6.07) is 24.1. The van der Waals surface area contributed by atoms with Crippen LogP contribution in [0.25, 0.3) is 0 Å². The van der Waals surface area contributed by atoms with Crippen LogP contribution in [0.3, 0.4) is 0 Å². The molecule has 0 aromatic heterocycles. The fourth-order valence-electron chi connectivity index (χ4n) is 5.24. The second kappa shape index (κ2) is 14.0. The molecule has 1 aliphatic carbocycles. The molecule has 0 spiro atoms. The number of carbonyl (C=O) groups is 2. The lowest BCUT2D eigenvalue weighted by Crippen LogP contribution is -2.52. The maximum absolute atomic E-state index is 13.8. The van der Waals surface area contributed by atoms with Gasteiger partial charge in [-0.1, -0.05) is 101 Å². The van der Waals surface area contributed by atoms with Crippen LogP contribution in [0.5, 0.6) is 0 Å². The summed E-state index contributed by atoms with van der Waals surface area (Å²) in [4.78, 5) is 29.4. The van der Waals surface area contributed by atoms with Crippen molar-refractivity contribution in [1.29, 1.82) is 0 Å². The van der Waals surface area contributed by atoms with Crippen molar-refractivity contribution in [3.8, 4) is 0 Å². The molecule has 0 saturated heterocycles. The Kier molecular flexibility index (Phi) is 10.5. The lowest BCUT2D eigenvalue weighted by Gasteiger charge is -2.32. The minimum atomic E-state index is -0.578. The first-order chi connectivity index (χ1) is 18.4. The lowest BCUT2D eigenvalue weighted by atomic mass is 10.0. The number of halogens is 1. The maximum atomic E-state index is 13.8. The van der Waals surface area contributed by atoms with Gasteiger partial charge in [0.25, 0.3) is 0 Å². The van der Waals surface area contributed by atoms with Crippen LogP contribution in [0.1, 0.15) is 53.5 Å². The van der Waals surface area contributed by atoms with E-state index in [-0.39, 0.29) is 17.9 Å². The minimum Gasteiger partial charge on any atom is -0.352 e. The normalized spacial score (nSPS) is 14.3. The van der Waals surface area contributed by atoms with Crippen molar-refractivity contribution >= 4 is 39.5 Å². The Labute approximate surface area is 239 Å². The van der Waals surface area contributed by atoms with E-state index < -0.39 is 6.04 Å². The van der Waals surface area contributed by atoms with E-state index in [4.69, 9.17) is 0 Å². The summed E-state index contributed by atoms with van der Waals surface area (Å²) in [7, 11) is 0. The van der Waals surface area contributed by atoms with Gasteiger partial charge in [-0.15, -0.1) is 11.8 Å². The molecular weight excluding hydrogens is 556 g/mol. The third-order valence-corrected chi connectivity index (χ3v) is 8.47. The van der Waals surface area contributed by atoms with Gasteiger partial charge in [-0.05, 0) is 55.5 Å². The number of hydrogen-bond donors (Lipinski definition) is 1. The van der Waals surface area contributed by atoms with Crippen molar-refractivity contribution in [2.24, 2.45) is 0 Å². The molecule has 2 amide bonds. The van der Waals surface area contributed by atoms with Crippen LogP contribution >= 0.6 is 27.7 Å². The molecule has 3 aromatic rings. The van der Waals surface area contributed by atoms with E-state index in [1.165, 1.54) is 16.7 Å². The Bertz CT molecular complexity index is 1210. The zero-order valence-corrected chi connectivity index (χ0v) is 24.7. The first kappa shape index (κ1) is 28.4. The molecule has 4 nitrogen and oxygen atoms in total. The topological polar surface area (TPSA) is 49.4 Å². The summed E-state index contributed by atoms with van der Waals surface area (Å²) >= 11 is 5.17. The smallest absolute Gasteiger partial charge is 0.243 e. The van der Waals surface area contributed by atoms with E-state index in [1.807, 2.05) is 54.6 Å². The summed E-state index contributed by atoms with van der Waals surface area (Å²) in [6.45, 7) is 4.59. The number of amides is 2. The molecule has 1 atom stereocenters. The van der Waals surface area contributed by atoms with Gasteiger partial charge in [0.2, 0.25) is 11.8 Å². The standard InChI is InChI=1S/C32H37BrN2O2S/c1-23-15-24(2)17-27(16-23)21-38-22-31(36)35(20-26-11-8-12-28(33)18-26)30(19-25-9-4-3-5-10-25)32(37)34-29-13-6-7-14-29/h3-5,8-12,15-18,29-30H,6-7,13-14,19-22H2,1-2H3,(H,34,37)/t30-/m0/s1. The number of thioether (sulfide) groups is 1. The van der Waals surface area contributed by atoms with Crippen LogP contribution in [-0.4, -0.2) is 34.6 Å². The second-order valence-electron chi connectivity index (χ2n) is 10.3. The van der Waals surface area contributed by atoms with E-state index in [0.29, 0.717) is 18.7 Å². The molecule has 1 fully saturated rings. The van der Waals surface area contributed by atoms with Crippen LogP contribution in [0, 0.1) is 13.8 Å². The fourth-order valence-corrected chi connectivity index (χ4v) is 6.54. The van der Waals surface area contributed by atoms with Crippen molar-refractivity contribution in [3.63, 3.8) is 0 Å². The van der Waals surface area contributed by atoms with Crippen LogP contribution in [0.15, 0.2) is 77.3 Å². The summed E-state index contributed by atoms with van der Waals surface area (Å²) < 4.78 is 0.960. The number of rotatable bonds is 11. The van der Waals surface area contributed by atoms with Crippen LogP contribution in [0.4, 0.5) is 0 Å². The average Bonchev–Trinajstić information content (AvgIpc) is 3.39. The van der Waals surface area contributed by atoms with Gasteiger partial charge in [-0.3, -0.25) is 9.59 Å². The highest BCUT2D eigenvalue weighted by atomic mass is 79.9. The van der Waals surface area contributed by atoms with Crippen LogP contribution in [-0.2, 0) is 28.3 Å². The highest BCUT2D eigenvalue weighted by molar-refractivity contribution is 9.10. The van der Waals surface area contributed by atoms with Gasteiger partial charge >= 0.3 is 0 Å². The molecule has 0 aliphatic heterocycles. The van der Waals surface area contributed by atoms with Crippen LogP contribution < -0.4 is 5.32 Å². The first-order valence-electron chi connectivity index (χ1n) is 13.4. The van der Waals surface area contributed by atoms with Crippen LogP contribution in [0.2, 0.25) is 0 Å². The molecular formula is C32H37BrN2O2S. The molecule has 0 unspecified atom stereocenters. The van der Waals surface area contributed by atoms with E-state index >= 15 is 0 Å². The quantitative estimate of drug-likeness (QED) is 0.261. The monoisotopic (exact) mass is 592 g/mol. The fraction of sp³-hybridized carbons (Fsp3) is 0.375. The largest absolute Gasteiger partial charge is 0.352 e. The Morgan fingerprint density at radius 1 is 0.921 bits per heavy atom. The maximum Gasteiger partial charge on any atom is 0.243 e. The molecule has 6 heteroatoms. The number of nitrogens with zero attached hydrogens (tertiary/aromatic N) is 1. The Morgan fingerprint density at radius 2 is 1.61 bits per heavy atom. The molecule has 200 valence electrons. The SMILES string of the molecule is Cc1cc(C)cc(CSCC(=O)N(Cc2cccc(Br)c2)[C@@H](Cc2ccccc2)C(=O)NC2CCCC2)c1. The number of hydrogen-bond acceptors (Lipinski definition) is 3. The summed E-state index contributed by atoms with van der Waals surface area (Å²) in [5.74, 6) is 1.02. The highest BCUT2D eigenvalue weighted by Crippen LogP contribution is 2.23. The molecule has 1 aliphatic rings. The average molecular weight is 594 g/mol. The Balaban J connectivity index is 1.56. The van der Waals surface area contributed by atoms with Gasteiger partial charge < -0.3 is 10.2 Å². The molecule has 0 heterocycles. The Morgan fingerprint density at radius 3 is 2.29 bits per heavy atom. The van der Waals surface area contributed by atoms with Crippen molar-refractivity contribution < 1.29 is 9.59 Å². The van der Waals surface area contributed by atoms with E-state index in [2.05, 4.69) is 53.3 Å². The number of benzene rings is 3. The summed E-state index contributed by atoms with van der Waals surface area (Å²) in [5.41, 5.74) is 5.73. The molecule has 4 rings (SSSR count). The summed E-state index contributed by atoms with van der Waals surface area (Å²) in [5, 5.41) is 3.28. The molecule has 1 N–H and O–H groups in total. The molecule has 1 saturated carbocycles. The number of nitrogens with one attached hydrogen (secondary N) is 1. The molecule has 0 bridgehead atoms. The number of aryl methyl sites for hydroxylation is 2. The van der Waals surface area contributed by atoms with Gasteiger partial charge in [0, 0.05) is 29.2 Å². The van der Waals surface area contributed by atoms with Gasteiger partial charge in [-0.2, -0.15) is 0 Å². The third-order valence-electron chi connectivity index (χ3n) is 6.99. The predicted octanol–water partition coefficient (Wildman–Crippen LogP) is 7.00. The van der Waals surface area contributed by atoms with Gasteiger partial charge in [0.05, 0.1) is 5.75 Å². The number of carbonyl (C=O) groups excluding carboxylic acids is 2. The zero-order chi connectivity index (χ0) is 26.9. The summed E-state index contributed by atoms with van der Waals surface area (Å²) in [6.07, 6.45) is 4.79. The Hall–Kier alpha value is -2.57. The first-order valence-corrected chi connectivity index (χ1v) is 15.4. The van der Waals surface area contributed by atoms with Crippen molar-refractivity contribution in [2.45, 2.75) is 70.3 Å². The van der Waals surface area contributed by atoms with E-state index in [9.17, 15) is 9.59 Å². The zero-order valence-electron chi connectivity index (χ0n) is 22.3. The highest BCUT2D eigenvalue weighted by Gasteiger charge is 2.32. The molecule has 38 heavy (non-hydrogen) atoms. The molecule has 3 aromatic carbocycles. The van der Waals surface area contributed by atoms with Crippen molar-refractivity contribution in [2.75, 3.05) is 5.75 Å². The van der Waals surface area contributed by atoms with Crippen molar-refractivity contribution in [3.05, 3.63) is 105 Å². The predicted molar refractivity (Wildman–Crippen MR) is 161 cm³/mol.